The summed E-state index contributed by atoms with van der Waals surface area (Å²) in [5.41, 5.74) is 0. The maximum Gasteiger partial charge on any atom is 0.237 e. The molecule has 1 saturated heterocycles. The summed E-state index contributed by atoms with van der Waals surface area (Å²) in [5.74, 6) is 1.81. The van der Waals surface area contributed by atoms with Crippen LogP contribution in [0.3, 0.4) is 0 Å². The van der Waals surface area contributed by atoms with Crippen LogP contribution in [-0.4, -0.2) is 25.0 Å². The average molecular weight is 252 g/mol. The topological polar surface area (TPSA) is 41.1 Å². The zero-order valence-corrected chi connectivity index (χ0v) is 11.7. The molecule has 2 aliphatic rings. The third-order valence-corrected chi connectivity index (χ3v) is 4.50. The zero-order valence-electron chi connectivity index (χ0n) is 11.7. The SMILES string of the molecule is CC1CCC(CNC(=O)C2CCCCCCN2)C1. The Labute approximate surface area is 111 Å². The number of nitrogens with one attached hydrogen (secondary N) is 2. The third-order valence-electron chi connectivity index (χ3n) is 4.50. The van der Waals surface area contributed by atoms with Crippen molar-refractivity contribution >= 4 is 5.91 Å². The number of carbonyl (C=O) groups excluding carboxylic acids is 1. The van der Waals surface area contributed by atoms with Gasteiger partial charge in [0, 0.05) is 6.54 Å². The average Bonchev–Trinajstić information content (AvgIpc) is 2.72. The molecular formula is C15H28N2O. The molecule has 1 saturated carbocycles. The van der Waals surface area contributed by atoms with Crippen LogP contribution in [0.2, 0.25) is 0 Å². The van der Waals surface area contributed by atoms with E-state index in [4.69, 9.17) is 0 Å². The Morgan fingerprint density at radius 2 is 2.00 bits per heavy atom. The highest BCUT2D eigenvalue weighted by Crippen LogP contribution is 2.29. The normalized spacial score (nSPS) is 33.7. The lowest BCUT2D eigenvalue weighted by molar-refractivity contribution is -0.123. The van der Waals surface area contributed by atoms with E-state index in [0.29, 0.717) is 0 Å². The molecule has 1 aliphatic heterocycles. The van der Waals surface area contributed by atoms with Gasteiger partial charge in [0.15, 0.2) is 0 Å². The van der Waals surface area contributed by atoms with Gasteiger partial charge in [0.05, 0.1) is 6.04 Å². The van der Waals surface area contributed by atoms with E-state index < -0.39 is 0 Å². The van der Waals surface area contributed by atoms with E-state index in [1.807, 2.05) is 0 Å². The first-order chi connectivity index (χ1) is 8.75. The molecule has 104 valence electrons. The summed E-state index contributed by atoms with van der Waals surface area (Å²) >= 11 is 0. The first-order valence-electron chi connectivity index (χ1n) is 7.77. The summed E-state index contributed by atoms with van der Waals surface area (Å²) in [6.45, 7) is 4.21. The van der Waals surface area contributed by atoms with Gasteiger partial charge in [-0.05, 0) is 44.1 Å². The molecule has 18 heavy (non-hydrogen) atoms. The fourth-order valence-electron chi connectivity index (χ4n) is 3.31. The lowest BCUT2D eigenvalue weighted by atomic mass is 10.0. The van der Waals surface area contributed by atoms with Crippen molar-refractivity contribution < 1.29 is 4.79 Å². The first kappa shape index (κ1) is 13.9. The van der Waals surface area contributed by atoms with Crippen LogP contribution in [0.5, 0.6) is 0 Å². The molecule has 3 atom stereocenters. The summed E-state index contributed by atoms with van der Waals surface area (Å²) in [7, 11) is 0. The van der Waals surface area contributed by atoms with Crippen molar-refractivity contribution in [2.45, 2.75) is 64.3 Å². The van der Waals surface area contributed by atoms with Gasteiger partial charge in [0.25, 0.3) is 0 Å². The van der Waals surface area contributed by atoms with Gasteiger partial charge in [0.2, 0.25) is 5.91 Å². The van der Waals surface area contributed by atoms with Crippen molar-refractivity contribution in [1.82, 2.24) is 10.6 Å². The van der Waals surface area contributed by atoms with Crippen LogP contribution >= 0.6 is 0 Å². The zero-order chi connectivity index (χ0) is 12.8. The van der Waals surface area contributed by atoms with Crippen molar-refractivity contribution in [3.63, 3.8) is 0 Å². The van der Waals surface area contributed by atoms with Crippen molar-refractivity contribution in [1.29, 1.82) is 0 Å². The largest absolute Gasteiger partial charge is 0.354 e. The molecule has 3 nitrogen and oxygen atoms in total. The fraction of sp³-hybridized carbons (Fsp3) is 0.933. The van der Waals surface area contributed by atoms with Gasteiger partial charge in [-0.2, -0.15) is 0 Å². The van der Waals surface area contributed by atoms with Crippen LogP contribution in [0.1, 0.15) is 58.3 Å². The monoisotopic (exact) mass is 252 g/mol. The minimum Gasteiger partial charge on any atom is -0.354 e. The second-order valence-electron chi connectivity index (χ2n) is 6.24. The molecule has 0 bridgehead atoms. The van der Waals surface area contributed by atoms with Gasteiger partial charge in [-0.15, -0.1) is 0 Å². The lowest BCUT2D eigenvalue weighted by Gasteiger charge is -2.21. The molecule has 1 aliphatic carbocycles. The predicted octanol–water partition coefficient (Wildman–Crippen LogP) is 2.46. The Balaban J connectivity index is 1.69. The van der Waals surface area contributed by atoms with E-state index in [1.165, 1.54) is 44.9 Å². The molecule has 2 rings (SSSR count). The standard InChI is InChI=1S/C15H28N2O/c1-12-7-8-13(10-12)11-17-15(18)14-6-4-2-3-5-9-16-14/h12-14,16H,2-11H2,1H3,(H,17,18). The molecule has 0 aromatic rings. The Hall–Kier alpha value is -0.570. The smallest absolute Gasteiger partial charge is 0.237 e. The van der Waals surface area contributed by atoms with Gasteiger partial charge < -0.3 is 10.6 Å². The molecule has 2 fully saturated rings. The summed E-state index contributed by atoms with van der Waals surface area (Å²) in [5, 5.41) is 6.56. The van der Waals surface area contributed by atoms with Gasteiger partial charge >= 0.3 is 0 Å². The van der Waals surface area contributed by atoms with E-state index in [9.17, 15) is 4.79 Å². The minimum absolute atomic E-state index is 0.0594. The van der Waals surface area contributed by atoms with Gasteiger partial charge in [-0.25, -0.2) is 0 Å². The van der Waals surface area contributed by atoms with Crippen LogP contribution in [-0.2, 0) is 4.79 Å². The highest BCUT2D eigenvalue weighted by molar-refractivity contribution is 5.81. The second-order valence-corrected chi connectivity index (χ2v) is 6.24. The Bertz CT molecular complexity index is 259. The maximum absolute atomic E-state index is 12.1. The van der Waals surface area contributed by atoms with Crippen LogP contribution in [0.4, 0.5) is 0 Å². The van der Waals surface area contributed by atoms with Crippen molar-refractivity contribution in [3.8, 4) is 0 Å². The van der Waals surface area contributed by atoms with Crippen LogP contribution in [0.25, 0.3) is 0 Å². The van der Waals surface area contributed by atoms with Crippen LogP contribution in [0, 0.1) is 11.8 Å². The predicted molar refractivity (Wildman–Crippen MR) is 74.4 cm³/mol. The molecule has 3 unspecified atom stereocenters. The molecule has 1 heterocycles. The van der Waals surface area contributed by atoms with E-state index in [2.05, 4.69) is 17.6 Å². The summed E-state index contributed by atoms with van der Waals surface area (Å²) in [6, 6.07) is 0.0594. The maximum atomic E-state index is 12.1. The van der Waals surface area contributed by atoms with Crippen molar-refractivity contribution in [3.05, 3.63) is 0 Å². The number of hydrogen-bond acceptors (Lipinski definition) is 2. The van der Waals surface area contributed by atoms with Gasteiger partial charge in [-0.1, -0.05) is 32.6 Å². The van der Waals surface area contributed by atoms with Gasteiger partial charge in [0.1, 0.15) is 0 Å². The Morgan fingerprint density at radius 1 is 1.17 bits per heavy atom. The number of amides is 1. The molecule has 0 aromatic heterocycles. The number of carbonyl (C=O) groups is 1. The number of rotatable bonds is 3. The van der Waals surface area contributed by atoms with Crippen LogP contribution < -0.4 is 10.6 Å². The van der Waals surface area contributed by atoms with Crippen molar-refractivity contribution in [2.75, 3.05) is 13.1 Å². The quantitative estimate of drug-likeness (QED) is 0.810. The Kier molecular flexibility index (Phi) is 5.48. The summed E-state index contributed by atoms with van der Waals surface area (Å²) in [6.07, 6.45) is 9.91. The Morgan fingerprint density at radius 3 is 2.78 bits per heavy atom. The number of hydrogen-bond donors (Lipinski definition) is 2. The highest BCUT2D eigenvalue weighted by Gasteiger charge is 2.23. The van der Waals surface area contributed by atoms with E-state index in [-0.39, 0.29) is 11.9 Å². The summed E-state index contributed by atoms with van der Waals surface area (Å²) in [4.78, 5) is 12.1. The van der Waals surface area contributed by atoms with Crippen LogP contribution in [0.15, 0.2) is 0 Å². The molecule has 1 amide bonds. The van der Waals surface area contributed by atoms with Gasteiger partial charge in [-0.3, -0.25) is 4.79 Å². The molecule has 2 N–H and O–H groups in total. The third kappa shape index (κ3) is 4.27. The van der Waals surface area contributed by atoms with Crippen molar-refractivity contribution in [2.24, 2.45) is 11.8 Å². The highest BCUT2D eigenvalue weighted by atomic mass is 16.2. The van der Waals surface area contributed by atoms with E-state index >= 15 is 0 Å². The lowest BCUT2D eigenvalue weighted by Crippen LogP contribution is -2.46. The van der Waals surface area contributed by atoms with E-state index in [1.54, 1.807) is 0 Å². The first-order valence-corrected chi connectivity index (χ1v) is 7.77. The molecule has 0 aromatic carbocycles. The second kappa shape index (κ2) is 7.13. The molecule has 0 spiro atoms. The minimum atomic E-state index is 0.0594. The van der Waals surface area contributed by atoms with E-state index in [0.717, 1.165) is 31.3 Å². The fourth-order valence-corrected chi connectivity index (χ4v) is 3.31. The molecular weight excluding hydrogens is 224 g/mol. The summed E-state index contributed by atoms with van der Waals surface area (Å²) < 4.78 is 0. The molecule has 0 radical (unpaired) electrons. The molecule has 3 heteroatoms.